The van der Waals surface area contributed by atoms with Crippen LogP contribution in [0.5, 0.6) is 11.6 Å². The van der Waals surface area contributed by atoms with Gasteiger partial charge in [-0.2, -0.15) is 0 Å². The number of aromatic nitrogens is 1. The molecule has 2 bridgehead atoms. The van der Waals surface area contributed by atoms with Crippen LogP contribution in [0.2, 0.25) is 5.02 Å². The Morgan fingerprint density at radius 3 is 2.57 bits per heavy atom. The quantitative estimate of drug-likeness (QED) is 0.298. The molecule has 174 valence electrons. The third-order valence-corrected chi connectivity index (χ3v) is 7.20. The summed E-state index contributed by atoms with van der Waals surface area (Å²) in [5.41, 5.74) is 2.25. The molecular formula is C30H25ClN2O2. The molecule has 2 atom stereocenters. The van der Waals surface area contributed by atoms with Gasteiger partial charge in [-0.25, -0.2) is 4.98 Å². The second kappa shape index (κ2) is 8.65. The number of hydrogen-bond acceptors (Lipinski definition) is 4. The SMILES string of the molecule is CNCC[C@@]1(O)c2cc(cc3ccccc23)Oc2nc3ccc(Cl)cc3cc2[C@H]1c1ccccc1. The molecule has 1 aromatic heterocycles. The van der Waals surface area contributed by atoms with Crippen LogP contribution >= 0.6 is 11.6 Å². The molecule has 0 spiro atoms. The molecule has 0 unspecified atom stereocenters. The lowest BCUT2D eigenvalue weighted by molar-refractivity contribution is 0.0110. The predicted octanol–water partition coefficient (Wildman–Crippen LogP) is 6.78. The van der Waals surface area contributed by atoms with Gasteiger partial charge >= 0.3 is 0 Å². The Morgan fingerprint density at radius 2 is 1.74 bits per heavy atom. The van der Waals surface area contributed by atoms with Gasteiger partial charge in [0, 0.05) is 21.9 Å². The number of fused-ring (bicyclic) bond motifs is 6. The van der Waals surface area contributed by atoms with Crippen LogP contribution in [0.3, 0.4) is 0 Å². The maximum Gasteiger partial charge on any atom is 0.223 e. The van der Waals surface area contributed by atoms with Crippen LogP contribution in [0.1, 0.15) is 29.0 Å². The van der Waals surface area contributed by atoms with Crippen molar-refractivity contribution in [3.8, 4) is 11.6 Å². The average molecular weight is 481 g/mol. The minimum atomic E-state index is -1.23. The smallest absolute Gasteiger partial charge is 0.223 e. The standard InChI is InChI=1S/C30H25ClN2O2/c1-32-14-13-30(34)26-18-23(16-20-9-5-6-10-24(20)26)35-29-25(28(30)19-7-3-2-4-8-19)17-21-15-22(31)11-12-27(21)33-29/h2-12,15-18,28,32,34H,13-14H2,1H3/t28-,30-/m1/s1. The largest absolute Gasteiger partial charge is 0.439 e. The Morgan fingerprint density at radius 1 is 0.943 bits per heavy atom. The minimum Gasteiger partial charge on any atom is -0.439 e. The molecule has 0 amide bonds. The third kappa shape index (κ3) is 3.75. The van der Waals surface area contributed by atoms with Crippen LogP contribution in [-0.4, -0.2) is 23.7 Å². The molecule has 4 aromatic carbocycles. The highest BCUT2D eigenvalue weighted by atomic mass is 35.5. The first-order chi connectivity index (χ1) is 17.1. The normalized spacial score (nSPS) is 19.1. The summed E-state index contributed by atoms with van der Waals surface area (Å²) in [5, 5.41) is 19.6. The van der Waals surface area contributed by atoms with E-state index in [2.05, 4.69) is 35.6 Å². The van der Waals surface area contributed by atoms with E-state index >= 15 is 0 Å². The fourth-order valence-corrected chi connectivity index (χ4v) is 5.54. The summed E-state index contributed by atoms with van der Waals surface area (Å²) in [4.78, 5) is 4.91. The van der Waals surface area contributed by atoms with E-state index in [9.17, 15) is 5.11 Å². The highest BCUT2D eigenvalue weighted by Gasteiger charge is 2.44. The second-order valence-corrected chi connectivity index (χ2v) is 9.57. The van der Waals surface area contributed by atoms with Crippen LogP contribution in [0.15, 0.2) is 91.0 Å². The first-order valence-electron chi connectivity index (χ1n) is 11.8. The molecule has 6 rings (SSSR count). The summed E-state index contributed by atoms with van der Waals surface area (Å²) in [6.07, 6.45) is 0.504. The van der Waals surface area contributed by atoms with Gasteiger partial charge in [0.25, 0.3) is 0 Å². The van der Waals surface area contributed by atoms with Gasteiger partial charge in [-0.1, -0.05) is 66.2 Å². The Kier molecular flexibility index (Phi) is 5.45. The number of hydrogen-bond donors (Lipinski definition) is 2. The fraction of sp³-hybridized carbons (Fsp3) is 0.167. The third-order valence-electron chi connectivity index (χ3n) is 6.96. The molecule has 5 heteroatoms. The number of rotatable bonds is 4. The molecule has 2 heterocycles. The van der Waals surface area contributed by atoms with E-state index in [0.717, 1.165) is 38.4 Å². The molecule has 4 nitrogen and oxygen atoms in total. The first kappa shape index (κ1) is 22.1. The van der Waals surface area contributed by atoms with E-state index in [0.29, 0.717) is 29.6 Å². The molecular weight excluding hydrogens is 456 g/mol. The van der Waals surface area contributed by atoms with E-state index in [1.807, 2.05) is 67.7 Å². The summed E-state index contributed by atoms with van der Waals surface area (Å²) >= 11 is 6.34. The second-order valence-electron chi connectivity index (χ2n) is 9.14. The Balaban J connectivity index is 1.73. The van der Waals surface area contributed by atoms with Gasteiger partial charge in [0.1, 0.15) is 11.4 Å². The number of ether oxygens (including phenoxy) is 1. The summed E-state index contributed by atoms with van der Waals surface area (Å²) in [7, 11) is 1.91. The number of halogens is 1. The van der Waals surface area contributed by atoms with Gasteiger partial charge in [0.05, 0.1) is 5.52 Å². The molecule has 2 N–H and O–H groups in total. The van der Waals surface area contributed by atoms with Crippen molar-refractivity contribution in [1.29, 1.82) is 0 Å². The maximum atomic E-state index is 12.8. The van der Waals surface area contributed by atoms with Crippen LogP contribution < -0.4 is 10.1 Å². The minimum absolute atomic E-state index is 0.415. The molecule has 0 saturated heterocycles. The van der Waals surface area contributed by atoms with Gasteiger partial charge < -0.3 is 15.2 Å². The lowest BCUT2D eigenvalue weighted by Crippen LogP contribution is -2.38. The molecule has 1 aliphatic rings. The van der Waals surface area contributed by atoms with Crippen LogP contribution in [0, 0.1) is 0 Å². The topological polar surface area (TPSA) is 54.4 Å². The van der Waals surface area contributed by atoms with Crippen molar-refractivity contribution in [3.63, 3.8) is 0 Å². The van der Waals surface area contributed by atoms with E-state index in [-0.39, 0.29) is 0 Å². The lowest BCUT2D eigenvalue weighted by Gasteiger charge is -2.40. The van der Waals surface area contributed by atoms with Crippen LogP contribution in [-0.2, 0) is 5.60 Å². The molecule has 5 aromatic rings. The van der Waals surface area contributed by atoms with Crippen molar-refractivity contribution in [1.82, 2.24) is 10.3 Å². The summed E-state index contributed by atoms with van der Waals surface area (Å²) in [6.45, 7) is 0.640. The van der Waals surface area contributed by atoms with Crippen molar-refractivity contribution in [2.75, 3.05) is 13.6 Å². The number of nitrogens with zero attached hydrogens (tertiary/aromatic N) is 1. The molecule has 0 saturated carbocycles. The molecule has 1 aliphatic heterocycles. The van der Waals surface area contributed by atoms with E-state index in [1.54, 1.807) is 0 Å². The van der Waals surface area contributed by atoms with Crippen molar-refractivity contribution in [3.05, 3.63) is 113 Å². The zero-order valence-electron chi connectivity index (χ0n) is 19.3. The number of pyridine rings is 1. The van der Waals surface area contributed by atoms with Crippen LogP contribution in [0.25, 0.3) is 21.7 Å². The molecule has 35 heavy (non-hydrogen) atoms. The Bertz CT molecular complexity index is 1550. The molecule has 0 radical (unpaired) electrons. The zero-order valence-corrected chi connectivity index (χ0v) is 20.1. The summed E-state index contributed by atoms with van der Waals surface area (Å²) in [5.74, 6) is 0.745. The van der Waals surface area contributed by atoms with Crippen LogP contribution in [0.4, 0.5) is 0 Å². The van der Waals surface area contributed by atoms with Gasteiger partial charge in [-0.05, 0) is 78.3 Å². The van der Waals surface area contributed by atoms with E-state index in [4.69, 9.17) is 21.3 Å². The molecule has 0 fully saturated rings. The van der Waals surface area contributed by atoms with E-state index < -0.39 is 11.5 Å². The summed E-state index contributed by atoms with van der Waals surface area (Å²) < 4.78 is 6.47. The molecule has 0 aliphatic carbocycles. The van der Waals surface area contributed by atoms with E-state index in [1.165, 1.54) is 0 Å². The predicted molar refractivity (Wildman–Crippen MR) is 142 cm³/mol. The summed E-state index contributed by atoms with van der Waals surface area (Å²) in [6, 6.07) is 30.0. The van der Waals surface area contributed by atoms with Gasteiger partial charge in [0.2, 0.25) is 5.88 Å². The highest BCUT2D eigenvalue weighted by Crippen LogP contribution is 2.51. The Hall–Kier alpha value is -3.44. The number of benzene rings is 4. The lowest BCUT2D eigenvalue weighted by atomic mass is 9.70. The van der Waals surface area contributed by atoms with Crippen molar-refractivity contribution in [2.24, 2.45) is 0 Å². The van der Waals surface area contributed by atoms with Gasteiger partial charge in [-0.3, -0.25) is 0 Å². The van der Waals surface area contributed by atoms with Crippen molar-refractivity contribution in [2.45, 2.75) is 17.9 Å². The fourth-order valence-electron chi connectivity index (χ4n) is 5.35. The first-order valence-corrected chi connectivity index (χ1v) is 12.2. The zero-order chi connectivity index (χ0) is 24.0. The highest BCUT2D eigenvalue weighted by molar-refractivity contribution is 6.31. The van der Waals surface area contributed by atoms with Gasteiger partial charge in [-0.15, -0.1) is 0 Å². The average Bonchev–Trinajstić information content (AvgIpc) is 2.87. The van der Waals surface area contributed by atoms with Crippen molar-refractivity contribution < 1.29 is 9.84 Å². The maximum absolute atomic E-state index is 12.8. The Labute approximate surface area is 209 Å². The number of nitrogens with one attached hydrogen (secondary N) is 1. The van der Waals surface area contributed by atoms with Crippen molar-refractivity contribution >= 4 is 33.3 Å². The van der Waals surface area contributed by atoms with Gasteiger partial charge in [0.15, 0.2) is 0 Å². The monoisotopic (exact) mass is 480 g/mol. The number of aliphatic hydroxyl groups is 1.